The van der Waals surface area contributed by atoms with Crippen molar-refractivity contribution in [1.29, 1.82) is 0 Å². The van der Waals surface area contributed by atoms with E-state index in [4.69, 9.17) is 4.74 Å². The highest BCUT2D eigenvalue weighted by Gasteiger charge is 2.24. The van der Waals surface area contributed by atoms with Crippen LogP contribution in [0.1, 0.15) is 49.9 Å². The smallest absolute Gasteiger partial charge is 0.228 e. The topological polar surface area (TPSA) is 97.6 Å². The van der Waals surface area contributed by atoms with Crippen molar-refractivity contribution in [2.75, 3.05) is 26.2 Å². The van der Waals surface area contributed by atoms with Gasteiger partial charge in [-0.15, -0.1) is 0 Å². The molecule has 1 unspecified atom stereocenters. The van der Waals surface area contributed by atoms with E-state index in [1.54, 1.807) is 6.92 Å². The molecule has 1 aromatic heterocycles. The minimum atomic E-state index is 0.0663. The number of carbonyl (C=O) groups excluding carboxylic acids is 2. The molecular formula is C18H28N4O4. The number of nitrogens with one attached hydrogen (secondary N) is 1. The number of carbonyl (C=O) groups is 2. The summed E-state index contributed by atoms with van der Waals surface area (Å²) in [6.07, 6.45) is 5.88. The van der Waals surface area contributed by atoms with Gasteiger partial charge < -0.3 is 15.0 Å². The molecule has 144 valence electrons. The number of ether oxygens (including phenoxy) is 1. The van der Waals surface area contributed by atoms with Crippen molar-refractivity contribution in [3.8, 4) is 0 Å². The highest BCUT2D eigenvalue weighted by Crippen LogP contribution is 2.22. The highest BCUT2D eigenvalue weighted by atomic mass is 16.6. The second-order valence-electron chi connectivity index (χ2n) is 7.28. The van der Waals surface area contributed by atoms with Crippen molar-refractivity contribution < 1.29 is 19.0 Å². The number of hydrogen-bond donors (Lipinski definition) is 1. The largest absolute Gasteiger partial charge is 0.376 e. The van der Waals surface area contributed by atoms with Crippen LogP contribution < -0.4 is 5.32 Å². The van der Waals surface area contributed by atoms with Gasteiger partial charge in [0.15, 0.2) is 0 Å². The first-order valence-corrected chi connectivity index (χ1v) is 9.56. The Morgan fingerprint density at radius 3 is 2.69 bits per heavy atom. The van der Waals surface area contributed by atoms with Crippen molar-refractivity contribution in [2.24, 2.45) is 5.92 Å². The van der Waals surface area contributed by atoms with E-state index >= 15 is 0 Å². The summed E-state index contributed by atoms with van der Waals surface area (Å²) in [4.78, 5) is 26.2. The van der Waals surface area contributed by atoms with Gasteiger partial charge in [0.05, 0.1) is 12.5 Å². The van der Waals surface area contributed by atoms with Gasteiger partial charge in [0.2, 0.25) is 11.8 Å². The van der Waals surface area contributed by atoms with E-state index < -0.39 is 0 Å². The molecule has 3 heterocycles. The van der Waals surface area contributed by atoms with Crippen LogP contribution in [0.4, 0.5) is 0 Å². The lowest BCUT2D eigenvalue weighted by molar-refractivity contribution is -0.132. The van der Waals surface area contributed by atoms with Gasteiger partial charge >= 0.3 is 0 Å². The minimum Gasteiger partial charge on any atom is -0.376 e. The summed E-state index contributed by atoms with van der Waals surface area (Å²) in [7, 11) is 0. The van der Waals surface area contributed by atoms with Crippen LogP contribution in [-0.2, 0) is 20.7 Å². The van der Waals surface area contributed by atoms with E-state index in [0.717, 1.165) is 51.8 Å². The van der Waals surface area contributed by atoms with Crippen LogP contribution in [0.5, 0.6) is 0 Å². The molecule has 8 nitrogen and oxygen atoms in total. The van der Waals surface area contributed by atoms with Crippen LogP contribution in [0, 0.1) is 12.8 Å². The monoisotopic (exact) mass is 364 g/mol. The Morgan fingerprint density at radius 1 is 1.23 bits per heavy atom. The number of nitrogens with zero attached hydrogens (tertiary/aromatic N) is 3. The molecule has 1 N–H and O–H groups in total. The third-order valence-corrected chi connectivity index (χ3v) is 5.36. The molecule has 2 saturated heterocycles. The van der Waals surface area contributed by atoms with Gasteiger partial charge in [0, 0.05) is 32.7 Å². The predicted molar refractivity (Wildman–Crippen MR) is 93.3 cm³/mol. The maximum absolute atomic E-state index is 12.3. The quantitative estimate of drug-likeness (QED) is 0.782. The number of aromatic nitrogens is 2. The summed E-state index contributed by atoms with van der Waals surface area (Å²) in [5.74, 6) is 0.674. The van der Waals surface area contributed by atoms with Crippen molar-refractivity contribution in [2.45, 2.75) is 58.0 Å². The average molecular weight is 364 g/mol. The minimum absolute atomic E-state index is 0.0663. The van der Waals surface area contributed by atoms with Crippen molar-refractivity contribution in [3.63, 3.8) is 0 Å². The Labute approximate surface area is 153 Å². The van der Waals surface area contributed by atoms with E-state index in [9.17, 15) is 9.59 Å². The van der Waals surface area contributed by atoms with Gasteiger partial charge in [-0.1, -0.05) is 10.3 Å². The number of piperidine rings is 1. The van der Waals surface area contributed by atoms with Gasteiger partial charge in [-0.3, -0.25) is 9.59 Å². The van der Waals surface area contributed by atoms with Gasteiger partial charge in [-0.2, -0.15) is 0 Å². The lowest BCUT2D eigenvalue weighted by Crippen LogP contribution is -2.39. The second kappa shape index (κ2) is 9.12. The standard InChI is InChI=1S/C18H28N4O4/c1-13-16(21-26-20-13)11-18(24)22-8-6-14(7-9-22)4-5-17(23)19-12-15-3-2-10-25-15/h14-15H,2-12H2,1H3,(H,19,23). The van der Waals surface area contributed by atoms with Crippen LogP contribution >= 0.6 is 0 Å². The van der Waals surface area contributed by atoms with E-state index in [-0.39, 0.29) is 24.3 Å². The van der Waals surface area contributed by atoms with Gasteiger partial charge in [-0.05, 0) is 44.9 Å². The fraction of sp³-hybridized carbons (Fsp3) is 0.778. The zero-order chi connectivity index (χ0) is 18.4. The third-order valence-electron chi connectivity index (χ3n) is 5.36. The van der Waals surface area contributed by atoms with E-state index in [0.29, 0.717) is 30.3 Å². The molecule has 2 aliphatic heterocycles. The predicted octanol–water partition coefficient (Wildman–Crippen LogP) is 1.23. The number of likely N-dealkylation sites (tertiary alicyclic amines) is 1. The molecule has 0 aromatic carbocycles. The Morgan fingerprint density at radius 2 is 2.04 bits per heavy atom. The molecule has 26 heavy (non-hydrogen) atoms. The first kappa shape index (κ1) is 18.8. The number of rotatable bonds is 7. The Balaban J connectivity index is 1.31. The summed E-state index contributed by atoms with van der Waals surface area (Å²) in [6, 6.07) is 0. The molecule has 0 saturated carbocycles. The molecule has 3 rings (SSSR count). The maximum atomic E-state index is 12.3. The third kappa shape index (κ3) is 5.27. The molecule has 1 atom stereocenters. The second-order valence-corrected chi connectivity index (χ2v) is 7.28. The van der Waals surface area contributed by atoms with Crippen LogP contribution in [0.3, 0.4) is 0 Å². The van der Waals surface area contributed by atoms with Crippen LogP contribution in [-0.4, -0.2) is 59.4 Å². The van der Waals surface area contributed by atoms with Crippen LogP contribution in [0.2, 0.25) is 0 Å². The van der Waals surface area contributed by atoms with Gasteiger partial charge in [-0.25, -0.2) is 4.63 Å². The van der Waals surface area contributed by atoms with Gasteiger partial charge in [0.1, 0.15) is 11.4 Å². The average Bonchev–Trinajstić information content (AvgIpc) is 3.31. The summed E-state index contributed by atoms with van der Waals surface area (Å²) < 4.78 is 10.2. The Bertz CT molecular complexity index is 604. The number of aryl methyl sites for hydroxylation is 1. The summed E-state index contributed by atoms with van der Waals surface area (Å²) in [6.45, 7) is 4.71. The molecule has 2 fully saturated rings. The summed E-state index contributed by atoms with van der Waals surface area (Å²) >= 11 is 0. The molecule has 0 spiro atoms. The first-order valence-electron chi connectivity index (χ1n) is 9.56. The first-order chi connectivity index (χ1) is 12.6. The van der Waals surface area contributed by atoms with Gasteiger partial charge in [0.25, 0.3) is 0 Å². The number of amides is 2. The Hall–Kier alpha value is -1.96. The molecule has 0 radical (unpaired) electrons. The Kier molecular flexibility index (Phi) is 6.60. The van der Waals surface area contributed by atoms with E-state index in [1.807, 2.05) is 4.90 Å². The van der Waals surface area contributed by atoms with Crippen LogP contribution in [0.25, 0.3) is 0 Å². The molecule has 2 amide bonds. The number of hydrogen-bond acceptors (Lipinski definition) is 6. The molecule has 8 heteroatoms. The van der Waals surface area contributed by atoms with Crippen LogP contribution in [0.15, 0.2) is 4.63 Å². The SMILES string of the molecule is Cc1nonc1CC(=O)N1CCC(CCC(=O)NCC2CCCO2)CC1. The lowest BCUT2D eigenvalue weighted by atomic mass is 9.92. The molecule has 1 aromatic rings. The fourth-order valence-corrected chi connectivity index (χ4v) is 3.59. The maximum Gasteiger partial charge on any atom is 0.228 e. The summed E-state index contributed by atoms with van der Waals surface area (Å²) in [5.41, 5.74) is 1.28. The molecule has 0 aliphatic carbocycles. The fourth-order valence-electron chi connectivity index (χ4n) is 3.59. The van der Waals surface area contributed by atoms with Crippen molar-refractivity contribution >= 4 is 11.8 Å². The van der Waals surface area contributed by atoms with E-state index in [2.05, 4.69) is 20.3 Å². The van der Waals surface area contributed by atoms with E-state index in [1.165, 1.54) is 0 Å². The zero-order valence-corrected chi connectivity index (χ0v) is 15.4. The lowest BCUT2D eigenvalue weighted by Gasteiger charge is -2.32. The molecular weight excluding hydrogens is 336 g/mol. The van der Waals surface area contributed by atoms with Crippen molar-refractivity contribution in [3.05, 3.63) is 11.4 Å². The zero-order valence-electron chi connectivity index (χ0n) is 15.4. The summed E-state index contributed by atoms with van der Waals surface area (Å²) in [5, 5.41) is 10.4. The highest BCUT2D eigenvalue weighted by molar-refractivity contribution is 5.78. The normalized spacial score (nSPS) is 21.1. The molecule has 2 aliphatic rings. The van der Waals surface area contributed by atoms with Crippen molar-refractivity contribution in [1.82, 2.24) is 20.5 Å². The molecule has 0 bridgehead atoms.